The zero-order chi connectivity index (χ0) is 15.2. The lowest BCUT2D eigenvalue weighted by Gasteiger charge is -2.20. The molecular weight excluding hydrogens is 262 g/mol. The summed E-state index contributed by atoms with van der Waals surface area (Å²) in [5, 5.41) is 7.87. The molecule has 0 amide bonds. The zero-order valence-electron chi connectivity index (χ0n) is 13.4. The monoisotopic (exact) mass is 285 g/mol. The normalized spacial score (nSPS) is 15.3. The smallest absolute Gasteiger partial charge is 0.162 e. The fraction of sp³-hybridized carbons (Fsp3) is 0.562. The van der Waals surface area contributed by atoms with Crippen LogP contribution < -0.4 is 5.32 Å². The maximum Gasteiger partial charge on any atom is 0.162 e. The van der Waals surface area contributed by atoms with Gasteiger partial charge in [-0.3, -0.25) is 0 Å². The van der Waals surface area contributed by atoms with Crippen LogP contribution in [0.2, 0.25) is 0 Å². The second-order valence-electron chi connectivity index (χ2n) is 6.80. The van der Waals surface area contributed by atoms with Gasteiger partial charge >= 0.3 is 0 Å². The molecule has 0 aliphatic heterocycles. The van der Waals surface area contributed by atoms with Crippen LogP contribution in [-0.2, 0) is 5.41 Å². The van der Waals surface area contributed by atoms with Crippen molar-refractivity contribution in [1.82, 2.24) is 19.7 Å². The van der Waals surface area contributed by atoms with Crippen LogP contribution in [0.5, 0.6) is 0 Å². The van der Waals surface area contributed by atoms with E-state index in [4.69, 9.17) is 10.1 Å². The Kier molecular flexibility index (Phi) is 3.23. The van der Waals surface area contributed by atoms with Crippen molar-refractivity contribution in [1.29, 1.82) is 0 Å². The lowest BCUT2D eigenvalue weighted by Crippen LogP contribution is -2.20. The van der Waals surface area contributed by atoms with Crippen molar-refractivity contribution >= 4 is 5.82 Å². The van der Waals surface area contributed by atoms with Crippen molar-refractivity contribution in [3.05, 3.63) is 29.3 Å². The van der Waals surface area contributed by atoms with Gasteiger partial charge in [0.2, 0.25) is 0 Å². The van der Waals surface area contributed by atoms with Gasteiger partial charge in [-0.15, -0.1) is 0 Å². The highest BCUT2D eigenvalue weighted by atomic mass is 15.3. The Hall–Kier alpha value is -1.91. The highest BCUT2D eigenvalue weighted by Gasteiger charge is 2.27. The van der Waals surface area contributed by atoms with Crippen molar-refractivity contribution in [2.24, 2.45) is 0 Å². The quantitative estimate of drug-likeness (QED) is 0.941. The number of nitrogens with one attached hydrogen (secondary N) is 1. The fourth-order valence-corrected chi connectivity index (χ4v) is 2.36. The molecule has 2 aromatic heterocycles. The molecule has 0 saturated heterocycles. The van der Waals surface area contributed by atoms with Gasteiger partial charge in [-0.1, -0.05) is 20.8 Å². The van der Waals surface area contributed by atoms with Gasteiger partial charge in [0.25, 0.3) is 0 Å². The van der Waals surface area contributed by atoms with E-state index >= 15 is 0 Å². The first-order chi connectivity index (χ1) is 9.90. The minimum absolute atomic E-state index is 0.0967. The molecule has 2 aromatic rings. The molecule has 0 radical (unpaired) electrons. The Labute approximate surface area is 125 Å². The molecule has 0 aromatic carbocycles. The maximum atomic E-state index is 4.76. The summed E-state index contributed by atoms with van der Waals surface area (Å²) in [7, 11) is 1.89. The Morgan fingerprint density at radius 3 is 2.52 bits per heavy atom. The van der Waals surface area contributed by atoms with Crippen LogP contribution in [0.4, 0.5) is 5.82 Å². The van der Waals surface area contributed by atoms with E-state index in [2.05, 4.69) is 37.1 Å². The second-order valence-corrected chi connectivity index (χ2v) is 6.80. The highest BCUT2D eigenvalue weighted by Crippen LogP contribution is 2.39. The summed E-state index contributed by atoms with van der Waals surface area (Å²) in [6, 6.07) is 2.11. The standard InChI is InChI=1S/C16H23N5/c1-10-13(17-5)18-15(16(2,3)4)19-14(10)21-9-8-12(20-21)11-6-7-11/h8-9,11H,6-7H2,1-5H3,(H,17,18,19). The minimum Gasteiger partial charge on any atom is -0.373 e. The molecule has 1 fully saturated rings. The van der Waals surface area contributed by atoms with Crippen molar-refractivity contribution in [2.45, 2.75) is 51.9 Å². The van der Waals surface area contributed by atoms with Crippen LogP contribution in [0.15, 0.2) is 12.3 Å². The van der Waals surface area contributed by atoms with Gasteiger partial charge in [-0.05, 0) is 25.8 Å². The molecular formula is C16H23N5. The molecule has 1 aliphatic rings. The summed E-state index contributed by atoms with van der Waals surface area (Å²) >= 11 is 0. The summed E-state index contributed by atoms with van der Waals surface area (Å²) in [6.45, 7) is 8.41. The molecule has 1 saturated carbocycles. The van der Waals surface area contributed by atoms with Gasteiger partial charge < -0.3 is 5.32 Å². The van der Waals surface area contributed by atoms with Crippen LogP contribution in [0.1, 0.15) is 56.6 Å². The molecule has 5 heteroatoms. The van der Waals surface area contributed by atoms with E-state index in [-0.39, 0.29) is 5.41 Å². The number of nitrogens with zero attached hydrogens (tertiary/aromatic N) is 4. The first-order valence-corrected chi connectivity index (χ1v) is 7.53. The lowest BCUT2D eigenvalue weighted by molar-refractivity contribution is 0.542. The molecule has 1 N–H and O–H groups in total. The molecule has 112 valence electrons. The average molecular weight is 285 g/mol. The van der Waals surface area contributed by atoms with E-state index < -0.39 is 0 Å². The molecule has 5 nitrogen and oxygen atoms in total. The fourth-order valence-electron chi connectivity index (χ4n) is 2.36. The molecule has 1 aliphatic carbocycles. The number of rotatable bonds is 3. The zero-order valence-corrected chi connectivity index (χ0v) is 13.4. The van der Waals surface area contributed by atoms with Crippen molar-refractivity contribution < 1.29 is 0 Å². The van der Waals surface area contributed by atoms with Crippen LogP contribution in [0.3, 0.4) is 0 Å². The van der Waals surface area contributed by atoms with E-state index in [0.29, 0.717) is 5.92 Å². The summed E-state index contributed by atoms with van der Waals surface area (Å²) < 4.78 is 1.89. The summed E-state index contributed by atoms with van der Waals surface area (Å²) in [5.41, 5.74) is 2.10. The minimum atomic E-state index is -0.0967. The largest absolute Gasteiger partial charge is 0.373 e. The van der Waals surface area contributed by atoms with E-state index in [1.54, 1.807) is 0 Å². The third-order valence-electron chi connectivity index (χ3n) is 3.85. The Balaban J connectivity index is 2.10. The van der Waals surface area contributed by atoms with Crippen molar-refractivity contribution in [3.63, 3.8) is 0 Å². The van der Waals surface area contributed by atoms with Gasteiger partial charge in [-0.25, -0.2) is 14.6 Å². The van der Waals surface area contributed by atoms with Crippen LogP contribution in [0, 0.1) is 6.92 Å². The van der Waals surface area contributed by atoms with E-state index in [9.17, 15) is 0 Å². The van der Waals surface area contributed by atoms with E-state index in [0.717, 1.165) is 23.0 Å². The molecule has 0 atom stereocenters. The molecule has 0 spiro atoms. The van der Waals surface area contributed by atoms with Crippen molar-refractivity contribution in [2.75, 3.05) is 12.4 Å². The van der Waals surface area contributed by atoms with Gasteiger partial charge in [-0.2, -0.15) is 5.10 Å². The van der Waals surface area contributed by atoms with Crippen LogP contribution in [-0.4, -0.2) is 26.8 Å². The Bertz CT molecular complexity index is 662. The van der Waals surface area contributed by atoms with Gasteiger partial charge in [0.05, 0.1) is 5.69 Å². The van der Waals surface area contributed by atoms with Crippen LogP contribution >= 0.6 is 0 Å². The third kappa shape index (κ3) is 2.64. The van der Waals surface area contributed by atoms with Crippen LogP contribution in [0.25, 0.3) is 5.82 Å². The molecule has 2 heterocycles. The Morgan fingerprint density at radius 1 is 1.24 bits per heavy atom. The first-order valence-electron chi connectivity index (χ1n) is 7.53. The SMILES string of the molecule is CNc1nc(C(C)(C)C)nc(-n2ccc(C3CC3)n2)c1C. The van der Waals surface area contributed by atoms with Gasteiger partial charge in [0, 0.05) is 30.1 Å². The van der Waals surface area contributed by atoms with Gasteiger partial charge in [0.15, 0.2) is 5.82 Å². The Morgan fingerprint density at radius 2 is 1.95 bits per heavy atom. The summed E-state index contributed by atoms with van der Waals surface area (Å²) in [4.78, 5) is 9.40. The van der Waals surface area contributed by atoms with Crippen molar-refractivity contribution in [3.8, 4) is 5.82 Å². The maximum absolute atomic E-state index is 4.76. The van der Waals surface area contributed by atoms with E-state index in [1.165, 1.54) is 18.5 Å². The molecule has 3 rings (SSSR count). The molecule has 0 bridgehead atoms. The average Bonchev–Trinajstić information content (AvgIpc) is 3.16. The summed E-state index contributed by atoms with van der Waals surface area (Å²) in [6.07, 6.45) is 4.53. The molecule has 21 heavy (non-hydrogen) atoms. The third-order valence-corrected chi connectivity index (χ3v) is 3.85. The second kappa shape index (κ2) is 4.83. The molecule has 0 unspecified atom stereocenters. The predicted octanol–water partition coefficient (Wildman–Crippen LogP) is 3.19. The van der Waals surface area contributed by atoms with E-state index in [1.807, 2.05) is 24.9 Å². The number of aromatic nitrogens is 4. The lowest BCUT2D eigenvalue weighted by atomic mass is 9.95. The first kappa shape index (κ1) is 14.0. The number of anilines is 1. The van der Waals surface area contributed by atoms with Gasteiger partial charge in [0.1, 0.15) is 11.6 Å². The number of hydrogen-bond acceptors (Lipinski definition) is 4. The highest BCUT2D eigenvalue weighted by molar-refractivity contribution is 5.51. The number of hydrogen-bond donors (Lipinski definition) is 1. The predicted molar refractivity (Wildman–Crippen MR) is 84.1 cm³/mol. The summed E-state index contributed by atoms with van der Waals surface area (Å²) in [5.74, 6) is 3.22. The topological polar surface area (TPSA) is 55.6 Å².